The van der Waals surface area contributed by atoms with Crippen LogP contribution in [0.4, 0.5) is 17.3 Å². The van der Waals surface area contributed by atoms with Gasteiger partial charge in [-0.3, -0.25) is 57.6 Å². The Hall–Kier alpha value is -10.2. The maximum Gasteiger partial charge on any atom is 0.326 e. The maximum absolute atomic E-state index is 14.1. The molecule has 3 aliphatic rings. The molecule has 1 saturated heterocycles. The molecule has 116 heavy (non-hydrogen) atoms. The molecule has 3 aromatic heterocycles. The lowest BCUT2D eigenvalue weighted by atomic mass is 9.93. The summed E-state index contributed by atoms with van der Waals surface area (Å²) in [4.78, 5) is 156. The zero-order valence-electron chi connectivity index (χ0n) is 65.2. The van der Waals surface area contributed by atoms with E-state index in [9.17, 15) is 84.7 Å². The Morgan fingerprint density at radius 3 is 2.15 bits per heavy atom. The van der Waals surface area contributed by atoms with Gasteiger partial charge < -0.3 is 56.2 Å². The Labute approximate surface area is 679 Å². The first kappa shape index (κ1) is 89.7. The first-order valence-electron chi connectivity index (χ1n) is 37.5. The van der Waals surface area contributed by atoms with Crippen LogP contribution in [0.25, 0.3) is 44.6 Å². The highest BCUT2D eigenvalue weighted by molar-refractivity contribution is 8.01. The molecule has 620 valence electrons. The number of rotatable bonds is 43. The number of nitrogens with one attached hydrogen (secondary N) is 4. The third-order valence-electron chi connectivity index (χ3n) is 19.5. The fraction of sp³-hybridized carbons (Fsp3) is 0.421. The molecule has 0 spiro atoms. The van der Waals surface area contributed by atoms with Gasteiger partial charge in [-0.1, -0.05) is 17.8 Å². The number of aromatic amines is 1. The van der Waals surface area contributed by atoms with Crippen LogP contribution in [0.2, 0.25) is 32.2 Å². The first-order chi connectivity index (χ1) is 54.8. The number of carbonyl (C=O) groups excluding carboxylic acids is 6. The van der Waals surface area contributed by atoms with Gasteiger partial charge in [0, 0.05) is 127 Å². The highest BCUT2D eigenvalue weighted by Crippen LogP contribution is 2.44. The number of carboxylic acids is 3. The van der Waals surface area contributed by atoms with Crippen LogP contribution in [0.5, 0.6) is 0 Å². The van der Waals surface area contributed by atoms with Gasteiger partial charge in [-0.05, 0) is 139 Å². The van der Waals surface area contributed by atoms with Crippen LogP contribution >= 0.6 is 23.5 Å². The molecular weight excluding hydrogens is 1610 g/mol. The number of aliphatic carboxylic acids is 3. The average molecular weight is 1710 g/mol. The molecule has 0 bridgehead atoms. The summed E-state index contributed by atoms with van der Waals surface area (Å²) in [6.07, 6.45) is 1.29. The van der Waals surface area contributed by atoms with Crippen LogP contribution in [0, 0.1) is 11.8 Å². The lowest BCUT2D eigenvalue weighted by Gasteiger charge is -2.34. The van der Waals surface area contributed by atoms with Crippen LogP contribution in [0.3, 0.4) is 0 Å². The Morgan fingerprint density at radius 1 is 0.802 bits per heavy atom. The van der Waals surface area contributed by atoms with Crippen molar-refractivity contribution in [3.63, 3.8) is 0 Å². The second-order valence-electron chi connectivity index (χ2n) is 29.0. The van der Waals surface area contributed by atoms with E-state index in [1.165, 1.54) is 66.8 Å². The minimum absolute atomic E-state index is 0.0201. The zero-order valence-corrected chi connectivity index (χ0v) is 70.5. The number of carbonyl (C=O) groups is 9. The number of likely N-dealkylation sites (tertiary alicyclic amines) is 1. The van der Waals surface area contributed by atoms with Crippen molar-refractivity contribution in [1.82, 2.24) is 50.0 Å². The predicted octanol–water partition coefficient (Wildman–Crippen LogP) is 6.26. The van der Waals surface area contributed by atoms with Crippen LogP contribution in [-0.2, 0) is 75.4 Å². The summed E-state index contributed by atoms with van der Waals surface area (Å²) in [6.45, 7) is 18.8. The molecule has 5 atom stereocenters. The van der Waals surface area contributed by atoms with Crippen molar-refractivity contribution < 1.29 is 88.4 Å². The van der Waals surface area contributed by atoms with Gasteiger partial charge in [0.15, 0.2) is 48.6 Å². The third-order valence-corrected chi connectivity index (χ3v) is 33.3. The van der Waals surface area contributed by atoms with E-state index in [0.717, 1.165) is 60.0 Å². The number of nitrogen functional groups attached to an aromatic ring is 1. The van der Waals surface area contributed by atoms with E-state index in [1.807, 2.05) is 90.3 Å². The highest BCUT2D eigenvalue weighted by Gasteiger charge is 2.42. The molecule has 2 aliphatic heterocycles. The number of hydrogen-bond donors (Lipinski definition) is 10. The molecule has 9 rings (SSSR count). The largest absolute Gasteiger partial charge is 0.481 e. The smallest absolute Gasteiger partial charge is 0.326 e. The van der Waals surface area contributed by atoms with Crippen molar-refractivity contribution in [3.05, 3.63) is 130 Å². The van der Waals surface area contributed by atoms with Crippen molar-refractivity contribution in [2.75, 3.05) is 72.1 Å². The number of imide groups is 1. The van der Waals surface area contributed by atoms with Crippen molar-refractivity contribution >= 4 is 153 Å². The van der Waals surface area contributed by atoms with E-state index < -0.39 is 174 Å². The summed E-state index contributed by atoms with van der Waals surface area (Å²) in [6, 6.07) is 18.3. The van der Waals surface area contributed by atoms with Gasteiger partial charge >= 0.3 is 17.9 Å². The molecule has 12 N–H and O–H groups in total. The third kappa shape index (κ3) is 23.6. The molecule has 5 heterocycles. The number of ketones is 2. The number of aryl methyl sites for hydroxylation is 1. The lowest BCUT2D eigenvalue weighted by molar-refractivity contribution is -0.144. The Bertz CT molecular complexity index is 5380. The summed E-state index contributed by atoms with van der Waals surface area (Å²) >= 11 is 2.25. The Balaban J connectivity index is 0.711. The number of fused-ring (bicyclic) bond motifs is 3. The fourth-order valence-corrected chi connectivity index (χ4v) is 27.2. The van der Waals surface area contributed by atoms with E-state index in [-0.39, 0.29) is 64.8 Å². The van der Waals surface area contributed by atoms with Crippen molar-refractivity contribution in [2.24, 2.45) is 17.6 Å². The molecule has 0 radical (unpaired) electrons. The van der Waals surface area contributed by atoms with Crippen molar-refractivity contribution in [3.8, 4) is 22.5 Å². The number of nitrogens with zero attached hydrogens (tertiary/aromatic N) is 8. The molecule has 1 aliphatic carbocycles. The monoisotopic (exact) mass is 1710 g/mol. The van der Waals surface area contributed by atoms with Gasteiger partial charge in [0.2, 0.25) is 29.0 Å². The summed E-state index contributed by atoms with van der Waals surface area (Å²) in [7, 11) is -14.1. The molecule has 34 nitrogen and oxygen atoms in total. The van der Waals surface area contributed by atoms with Crippen LogP contribution < -0.4 is 47.8 Å². The maximum atomic E-state index is 14.1. The number of hydrogen-bond acceptors (Lipinski definition) is 27. The molecular formula is C76H95N14O20S4Si2+. The summed E-state index contributed by atoms with van der Waals surface area (Å²) < 4.78 is 81.2. The number of thioether (sulfide) groups is 2. The normalized spacial score (nSPS) is 14.5. The number of benzene rings is 4. The molecule has 0 saturated carbocycles. The van der Waals surface area contributed by atoms with Crippen LogP contribution in [0.1, 0.15) is 94.3 Å². The minimum Gasteiger partial charge on any atom is -0.481 e. The molecule has 4 amide bonds. The first-order valence-corrected chi connectivity index (χ1v) is 48.9. The van der Waals surface area contributed by atoms with Crippen LogP contribution in [0.15, 0.2) is 122 Å². The molecule has 3 aromatic carbocycles. The number of anilines is 3. The Morgan fingerprint density at radius 2 is 1.50 bits per heavy atom. The SMILES string of the molecule is CCN(CC)c1ccc2c(-c3ccc(S(=O)(=O)CCc4cnc(SC[Si](C)(C)O[Si](C)(C)CCCN5C(=O)CC(SC[C@H](CC(=O)[C@H](CN)NC(=O)[C@H](CC(=O)O)CC(=O)CC[C@H](NC(=O)c6ccc(NCc7cnc8nc(N)[nH]c(=O)c8n7)cc6)C(=O)O)C(=O)O)C5=O)nc4)cc3S(=O)(=O)O)c3ccc(=[N+](CC)CC)cc-3oc2c1. The lowest BCUT2D eigenvalue weighted by Crippen LogP contribution is -2.49. The van der Waals surface area contributed by atoms with Gasteiger partial charge in [0.1, 0.15) is 41.2 Å². The summed E-state index contributed by atoms with van der Waals surface area (Å²) in [5.41, 5.74) is 14.8. The average Bonchev–Trinajstić information content (AvgIpc) is 0.806. The van der Waals surface area contributed by atoms with Gasteiger partial charge in [-0.2, -0.15) is 13.4 Å². The van der Waals surface area contributed by atoms with E-state index in [0.29, 0.717) is 67.8 Å². The second-order valence-corrected chi connectivity index (χ2v) is 43.9. The second kappa shape index (κ2) is 39.2. The van der Waals surface area contributed by atoms with Gasteiger partial charge in [0.25, 0.3) is 21.6 Å². The standard InChI is InChI=1S/C76H94N14O20S4Si2/c1-9-88(10-2)50-18-22-54-60(33-50)109-61-34-51(89(11-3)12-4)19-23-55(61)66(54)56-24-21-53(35-63(56)114(106,107)108)113(104,105)28-26-44-38-81-76(82-39-44)112-43-116(7,8)110-115(5,6)29-13-27-90-64(93)36-62(72(90)99)111-42-47(73(100)101)31-59(92)58(37-77)85-70(97)46(32-65(94)95)30-52(91)20-25-57(74(102)103)84-69(96)45-14-16-48(17-15-45)79-40-49-41-80-68-67(83-49)71(98)87-75(78)86-68/h14-19,21-24,33-35,38-39,41,46-47,57-58,62H,9-13,20,25-32,36-37,40,42-43,77H2,1-8H3,(H9-,78,79,80,84,85,86,87,94,95,96,97,98,100,101,102,103,106,107,108)/p+1/t46-,47-,57-,58-,62?/m0/s1. The number of amides is 4. The highest BCUT2D eigenvalue weighted by atomic mass is 32.2. The summed E-state index contributed by atoms with van der Waals surface area (Å²) in [5.74, 6) is -12.4. The molecule has 1 fully saturated rings. The van der Waals surface area contributed by atoms with Crippen LogP contribution in [-0.4, -0.2) is 215 Å². The molecule has 6 aromatic rings. The fourth-order valence-electron chi connectivity index (χ4n) is 13.5. The zero-order chi connectivity index (χ0) is 84.7. The number of carboxylic acid groups (broad SMARTS) is 3. The number of nitrogens with two attached hydrogens (primary N) is 2. The van der Waals surface area contributed by atoms with E-state index in [2.05, 4.69) is 55.3 Å². The van der Waals surface area contributed by atoms with Gasteiger partial charge in [0.05, 0.1) is 64.7 Å². The van der Waals surface area contributed by atoms with Gasteiger partial charge in [-0.25, -0.2) is 37.7 Å². The van der Waals surface area contributed by atoms with E-state index in [4.69, 9.17) is 20.0 Å². The number of H-pyrrole nitrogens is 1. The quantitative estimate of drug-likeness (QED) is 0.00383. The number of sulfone groups is 1. The number of Topliss-reactive ketones (excluding diaryl/α,β-unsaturated/α-hetero) is 2. The van der Waals surface area contributed by atoms with E-state index >= 15 is 0 Å². The van der Waals surface area contributed by atoms with E-state index in [1.54, 1.807) is 0 Å². The van der Waals surface area contributed by atoms with Gasteiger partial charge in [-0.15, -0.1) is 11.8 Å². The predicted molar refractivity (Wildman–Crippen MR) is 441 cm³/mol. The topological polar surface area (TPSA) is 520 Å². The minimum atomic E-state index is -5.02. The summed E-state index contributed by atoms with van der Waals surface area (Å²) in [5, 5.41) is 39.0. The molecule has 40 heteroatoms. The molecule has 1 unspecified atom stereocenters. The Kier molecular flexibility index (Phi) is 30.3. The van der Waals surface area contributed by atoms with Crippen molar-refractivity contribution in [2.45, 2.75) is 150 Å². The van der Waals surface area contributed by atoms with Crippen molar-refractivity contribution in [1.29, 1.82) is 0 Å². The number of aromatic nitrogens is 6.